The van der Waals surface area contributed by atoms with E-state index in [1.807, 2.05) is 19.9 Å². The molecular formula is C18H18F3N5O3S. The first kappa shape index (κ1) is 21.7. The zero-order valence-electron chi connectivity index (χ0n) is 16.0. The summed E-state index contributed by atoms with van der Waals surface area (Å²) in [5.74, 6) is 0.394. The van der Waals surface area contributed by atoms with Crippen molar-refractivity contribution in [1.82, 2.24) is 24.3 Å². The van der Waals surface area contributed by atoms with Crippen LogP contribution in [0.5, 0.6) is 0 Å². The number of rotatable bonds is 6. The molecule has 2 heterocycles. The minimum atomic E-state index is -4.56. The molecule has 3 rings (SSSR count). The number of aromatic nitrogens is 4. The summed E-state index contributed by atoms with van der Waals surface area (Å²) >= 11 is 0. The molecule has 0 aliphatic rings. The summed E-state index contributed by atoms with van der Waals surface area (Å²) in [4.78, 5) is 11.7. The first-order valence-electron chi connectivity index (χ1n) is 8.76. The van der Waals surface area contributed by atoms with Gasteiger partial charge in [-0.2, -0.15) is 18.3 Å². The fourth-order valence-corrected chi connectivity index (χ4v) is 3.79. The molecule has 8 nitrogen and oxygen atoms in total. The number of benzene rings is 1. The highest BCUT2D eigenvalue weighted by molar-refractivity contribution is 7.89. The SMILES string of the molecule is Cc1cc(C)n(-c2ccc(=O)n(CCNS(=O)(=O)c3ccc(C(F)(F)F)cc3)n2)n1. The summed E-state index contributed by atoms with van der Waals surface area (Å²) in [5, 5.41) is 8.47. The molecule has 0 bridgehead atoms. The number of nitrogens with zero attached hydrogens (tertiary/aromatic N) is 4. The Bertz CT molecular complexity index is 1220. The van der Waals surface area contributed by atoms with Crippen molar-refractivity contribution >= 4 is 10.0 Å². The van der Waals surface area contributed by atoms with Crippen LogP contribution in [0, 0.1) is 13.8 Å². The van der Waals surface area contributed by atoms with E-state index in [0.29, 0.717) is 18.0 Å². The van der Waals surface area contributed by atoms with Crippen molar-refractivity contribution in [2.75, 3.05) is 6.54 Å². The first-order valence-corrected chi connectivity index (χ1v) is 10.2. The van der Waals surface area contributed by atoms with Crippen LogP contribution < -0.4 is 10.3 Å². The standard InChI is InChI=1S/C18H18F3N5O3S/c1-12-11-13(2)26(23-12)16-7-8-17(27)25(24-16)10-9-22-30(28,29)15-5-3-14(4-6-15)18(19,20)21/h3-8,11,22H,9-10H2,1-2H3. The zero-order valence-corrected chi connectivity index (χ0v) is 16.8. The third-order valence-electron chi connectivity index (χ3n) is 4.19. The van der Waals surface area contributed by atoms with Gasteiger partial charge in [-0.25, -0.2) is 22.5 Å². The average Bonchev–Trinajstić information content (AvgIpc) is 3.01. The lowest BCUT2D eigenvalue weighted by molar-refractivity contribution is -0.137. The second kappa shape index (κ2) is 8.03. The fraction of sp³-hybridized carbons (Fsp3) is 0.278. The lowest BCUT2D eigenvalue weighted by atomic mass is 10.2. The van der Waals surface area contributed by atoms with E-state index < -0.39 is 27.3 Å². The van der Waals surface area contributed by atoms with Gasteiger partial charge < -0.3 is 0 Å². The quantitative estimate of drug-likeness (QED) is 0.631. The summed E-state index contributed by atoms with van der Waals surface area (Å²) in [5.41, 5.74) is 0.205. The molecule has 0 unspecified atom stereocenters. The van der Waals surface area contributed by atoms with E-state index in [4.69, 9.17) is 0 Å². The highest BCUT2D eigenvalue weighted by Gasteiger charge is 2.30. The van der Waals surface area contributed by atoms with Crippen LogP contribution in [0.1, 0.15) is 17.0 Å². The van der Waals surface area contributed by atoms with Gasteiger partial charge in [-0.05, 0) is 50.2 Å². The minimum absolute atomic E-state index is 0.0775. The summed E-state index contributed by atoms with van der Waals surface area (Å²) < 4.78 is 67.3. The molecule has 0 fully saturated rings. The maximum Gasteiger partial charge on any atom is 0.416 e. The lowest BCUT2D eigenvalue weighted by Gasteiger charge is -2.11. The van der Waals surface area contributed by atoms with Crippen molar-refractivity contribution in [2.45, 2.75) is 31.5 Å². The number of aryl methyl sites for hydroxylation is 2. The van der Waals surface area contributed by atoms with Gasteiger partial charge in [0.15, 0.2) is 5.82 Å². The van der Waals surface area contributed by atoms with Crippen molar-refractivity contribution in [1.29, 1.82) is 0 Å². The molecule has 0 saturated heterocycles. The number of alkyl halides is 3. The molecule has 2 aromatic heterocycles. The Morgan fingerprint density at radius 2 is 1.70 bits per heavy atom. The molecule has 12 heteroatoms. The predicted molar refractivity (Wildman–Crippen MR) is 102 cm³/mol. The number of hydrogen-bond acceptors (Lipinski definition) is 5. The molecule has 0 aliphatic carbocycles. The van der Waals surface area contributed by atoms with E-state index in [1.54, 1.807) is 4.68 Å². The van der Waals surface area contributed by atoms with Crippen molar-refractivity contribution in [3.05, 3.63) is 69.8 Å². The Labute approximate surface area is 170 Å². The fourth-order valence-electron chi connectivity index (χ4n) is 2.76. The molecule has 3 aromatic rings. The van der Waals surface area contributed by atoms with Crippen LogP contribution in [-0.4, -0.2) is 34.5 Å². The van der Waals surface area contributed by atoms with Crippen LogP contribution in [0.4, 0.5) is 13.2 Å². The van der Waals surface area contributed by atoms with Crippen molar-refractivity contribution in [3.63, 3.8) is 0 Å². The van der Waals surface area contributed by atoms with Crippen LogP contribution >= 0.6 is 0 Å². The van der Waals surface area contributed by atoms with Crippen LogP contribution in [0.3, 0.4) is 0 Å². The predicted octanol–water partition coefficient (Wildman–Crippen LogP) is 2.04. The normalized spacial score (nSPS) is 12.3. The van der Waals surface area contributed by atoms with Crippen molar-refractivity contribution in [3.8, 4) is 5.82 Å². The second-order valence-corrected chi connectivity index (χ2v) is 8.28. The van der Waals surface area contributed by atoms with Crippen LogP contribution in [0.15, 0.2) is 52.2 Å². The van der Waals surface area contributed by atoms with Crippen molar-refractivity contribution in [2.24, 2.45) is 0 Å². The molecule has 0 radical (unpaired) electrons. The monoisotopic (exact) mass is 441 g/mol. The van der Waals surface area contributed by atoms with Gasteiger partial charge in [-0.1, -0.05) is 0 Å². The second-order valence-electron chi connectivity index (χ2n) is 6.51. The van der Waals surface area contributed by atoms with Gasteiger partial charge in [0, 0.05) is 18.3 Å². The van der Waals surface area contributed by atoms with Crippen LogP contribution in [0.2, 0.25) is 0 Å². The Kier molecular flexibility index (Phi) is 5.81. The highest BCUT2D eigenvalue weighted by Crippen LogP contribution is 2.29. The zero-order chi connectivity index (χ0) is 22.1. The van der Waals surface area contributed by atoms with E-state index in [2.05, 4.69) is 14.9 Å². The third kappa shape index (κ3) is 4.76. The average molecular weight is 441 g/mol. The smallest absolute Gasteiger partial charge is 0.268 e. The highest BCUT2D eigenvalue weighted by atomic mass is 32.2. The molecular weight excluding hydrogens is 423 g/mol. The molecule has 0 amide bonds. The van der Waals surface area contributed by atoms with Gasteiger partial charge in [0.1, 0.15) is 0 Å². The van der Waals surface area contributed by atoms with Gasteiger partial charge in [0.2, 0.25) is 10.0 Å². The molecule has 0 aliphatic heterocycles. The summed E-state index contributed by atoms with van der Waals surface area (Å²) in [7, 11) is -4.05. The topological polar surface area (TPSA) is 98.9 Å². The molecule has 1 aromatic carbocycles. The number of nitrogens with one attached hydrogen (secondary N) is 1. The number of halogens is 3. The van der Waals surface area contributed by atoms with E-state index in [9.17, 15) is 26.4 Å². The molecule has 160 valence electrons. The molecule has 0 spiro atoms. The molecule has 0 saturated carbocycles. The maximum atomic E-state index is 12.6. The van der Waals surface area contributed by atoms with Crippen LogP contribution in [0.25, 0.3) is 5.82 Å². The van der Waals surface area contributed by atoms with Gasteiger partial charge in [-0.3, -0.25) is 4.79 Å². The van der Waals surface area contributed by atoms with E-state index in [-0.39, 0.29) is 18.0 Å². The molecule has 0 atom stereocenters. The molecule has 1 N–H and O–H groups in total. The summed E-state index contributed by atoms with van der Waals surface area (Å²) in [6.07, 6.45) is -4.56. The molecule has 30 heavy (non-hydrogen) atoms. The number of hydrogen-bond donors (Lipinski definition) is 1. The maximum absolute atomic E-state index is 12.6. The third-order valence-corrected chi connectivity index (χ3v) is 5.66. The van der Waals surface area contributed by atoms with Gasteiger partial charge in [-0.15, -0.1) is 5.10 Å². The Morgan fingerprint density at radius 3 is 2.27 bits per heavy atom. The minimum Gasteiger partial charge on any atom is -0.268 e. The van der Waals surface area contributed by atoms with Gasteiger partial charge in [0.05, 0.1) is 22.7 Å². The summed E-state index contributed by atoms with van der Waals surface area (Å²) in [6, 6.07) is 7.78. The summed E-state index contributed by atoms with van der Waals surface area (Å²) in [6.45, 7) is 3.38. The first-order chi connectivity index (χ1) is 14.0. The van der Waals surface area contributed by atoms with Crippen LogP contribution in [-0.2, 0) is 22.7 Å². The largest absolute Gasteiger partial charge is 0.416 e. The number of sulfonamides is 1. The Hall–Kier alpha value is -2.99. The van der Waals surface area contributed by atoms with E-state index in [1.165, 1.54) is 12.1 Å². The Morgan fingerprint density at radius 1 is 1.03 bits per heavy atom. The van der Waals surface area contributed by atoms with Crippen molar-refractivity contribution < 1.29 is 21.6 Å². The van der Waals surface area contributed by atoms with Gasteiger partial charge in [0.25, 0.3) is 5.56 Å². The lowest BCUT2D eigenvalue weighted by Crippen LogP contribution is -2.32. The van der Waals surface area contributed by atoms with E-state index >= 15 is 0 Å². The van der Waals surface area contributed by atoms with Gasteiger partial charge >= 0.3 is 6.18 Å². The Balaban J connectivity index is 1.72. The van der Waals surface area contributed by atoms with E-state index in [0.717, 1.165) is 28.2 Å².